The second-order valence-electron chi connectivity index (χ2n) is 6.03. The Morgan fingerprint density at radius 1 is 1.00 bits per heavy atom. The van der Waals surface area contributed by atoms with Crippen molar-refractivity contribution >= 4 is 5.78 Å². The van der Waals surface area contributed by atoms with E-state index in [9.17, 15) is 4.79 Å². The van der Waals surface area contributed by atoms with Crippen LogP contribution in [0.3, 0.4) is 0 Å². The van der Waals surface area contributed by atoms with Gasteiger partial charge in [-0.2, -0.15) is 0 Å². The van der Waals surface area contributed by atoms with Gasteiger partial charge in [-0.1, -0.05) is 55.8 Å². The van der Waals surface area contributed by atoms with Crippen molar-refractivity contribution in [3.05, 3.63) is 69.8 Å². The summed E-state index contributed by atoms with van der Waals surface area (Å²) in [6.45, 7) is 10.5. The summed E-state index contributed by atoms with van der Waals surface area (Å²) < 4.78 is 0. The Balaban J connectivity index is 2.37. The second kappa shape index (κ2) is 6.26. The summed E-state index contributed by atoms with van der Waals surface area (Å²) >= 11 is 0. The number of benzene rings is 2. The average molecular weight is 280 g/mol. The number of ketones is 1. The fourth-order valence-corrected chi connectivity index (χ4v) is 2.88. The van der Waals surface area contributed by atoms with Gasteiger partial charge >= 0.3 is 0 Å². The zero-order chi connectivity index (χ0) is 15.6. The fourth-order valence-electron chi connectivity index (χ4n) is 2.88. The van der Waals surface area contributed by atoms with Gasteiger partial charge in [0.15, 0.2) is 5.78 Å². The molecule has 2 aromatic carbocycles. The first-order valence-electron chi connectivity index (χ1n) is 7.66. The summed E-state index contributed by atoms with van der Waals surface area (Å²) in [5.41, 5.74) is 6.24. The molecule has 0 aliphatic heterocycles. The van der Waals surface area contributed by atoms with Crippen molar-refractivity contribution in [3.63, 3.8) is 0 Å². The van der Waals surface area contributed by atoms with E-state index < -0.39 is 0 Å². The van der Waals surface area contributed by atoms with Crippen LogP contribution in [0, 0.1) is 20.8 Å². The van der Waals surface area contributed by atoms with Crippen LogP contribution in [0.4, 0.5) is 0 Å². The normalized spacial score (nSPS) is 12.2. The number of hydrogen-bond acceptors (Lipinski definition) is 1. The Morgan fingerprint density at radius 2 is 1.52 bits per heavy atom. The van der Waals surface area contributed by atoms with Gasteiger partial charge in [0.1, 0.15) is 0 Å². The van der Waals surface area contributed by atoms with E-state index in [0.717, 1.165) is 28.7 Å². The number of aryl methyl sites for hydroxylation is 3. The molecule has 1 unspecified atom stereocenters. The maximum absolute atomic E-state index is 12.7. The van der Waals surface area contributed by atoms with Crippen LogP contribution in [-0.2, 0) is 0 Å². The van der Waals surface area contributed by atoms with Crippen molar-refractivity contribution in [3.8, 4) is 0 Å². The first-order valence-corrected chi connectivity index (χ1v) is 7.66. The quantitative estimate of drug-likeness (QED) is 0.689. The van der Waals surface area contributed by atoms with E-state index in [1.807, 2.05) is 26.0 Å². The van der Waals surface area contributed by atoms with Crippen LogP contribution in [0.5, 0.6) is 0 Å². The number of carbonyl (C=O) groups excluding carboxylic acids is 1. The maximum atomic E-state index is 12.7. The lowest BCUT2D eigenvalue weighted by Gasteiger charge is -2.12. The predicted molar refractivity (Wildman–Crippen MR) is 89.2 cm³/mol. The molecule has 0 N–H and O–H groups in total. The molecule has 0 bridgehead atoms. The smallest absolute Gasteiger partial charge is 0.193 e. The molecule has 0 aromatic heterocycles. The third kappa shape index (κ3) is 3.24. The van der Waals surface area contributed by atoms with Crippen LogP contribution in [-0.4, -0.2) is 5.78 Å². The highest BCUT2D eigenvalue weighted by atomic mass is 16.1. The standard InChI is InChI=1S/C20H24O/c1-6-14(3)17-7-9-18(10-8-17)20(21)19-15(4)11-13(2)12-16(19)5/h7-12,14H,6H2,1-5H3. The van der Waals surface area contributed by atoms with Crippen molar-refractivity contribution in [2.75, 3.05) is 0 Å². The molecule has 2 aromatic rings. The monoisotopic (exact) mass is 280 g/mol. The summed E-state index contributed by atoms with van der Waals surface area (Å²) in [6, 6.07) is 12.2. The second-order valence-corrected chi connectivity index (χ2v) is 6.03. The number of hydrogen-bond donors (Lipinski definition) is 0. The number of rotatable bonds is 4. The topological polar surface area (TPSA) is 17.1 Å². The largest absolute Gasteiger partial charge is 0.289 e. The molecular weight excluding hydrogens is 256 g/mol. The molecule has 0 heterocycles. The highest BCUT2D eigenvalue weighted by Crippen LogP contribution is 2.23. The van der Waals surface area contributed by atoms with Gasteiger partial charge in [0, 0.05) is 11.1 Å². The molecule has 110 valence electrons. The summed E-state index contributed by atoms with van der Waals surface area (Å²) in [4.78, 5) is 12.7. The number of carbonyl (C=O) groups is 1. The Kier molecular flexibility index (Phi) is 4.62. The van der Waals surface area contributed by atoms with Gasteiger partial charge in [0.25, 0.3) is 0 Å². The van der Waals surface area contributed by atoms with Crippen LogP contribution >= 0.6 is 0 Å². The third-order valence-corrected chi connectivity index (χ3v) is 4.26. The van der Waals surface area contributed by atoms with Gasteiger partial charge in [-0.3, -0.25) is 4.79 Å². The van der Waals surface area contributed by atoms with Crippen LogP contribution < -0.4 is 0 Å². The minimum Gasteiger partial charge on any atom is -0.289 e. The van der Waals surface area contributed by atoms with E-state index >= 15 is 0 Å². The lowest BCUT2D eigenvalue weighted by atomic mass is 9.91. The molecule has 0 aliphatic carbocycles. The van der Waals surface area contributed by atoms with Crippen molar-refractivity contribution in [1.82, 2.24) is 0 Å². The van der Waals surface area contributed by atoms with E-state index in [-0.39, 0.29) is 5.78 Å². The lowest BCUT2D eigenvalue weighted by molar-refractivity contribution is 0.103. The lowest BCUT2D eigenvalue weighted by Crippen LogP contribution is -2.07. The maximum Gasteiger partial charge on any atom is 0.193 e. The molecule has 0 saturated carbocycles. The van der Waals surface area contributed by atoms with Crippen LogP contribution in [0.2, 0.25) is 0 Å². The first-order chi connectivity index (χ1) is 9.93. The van der Waals surface area contributed by atoms with Gasteiger partial charge in [0.05, 0.1) is 0 Å². The van der Waals surface area contributed by atoms with Crippen LogP contribution in [0.25, 0.3) is 0 Å². The van der Waals surface area contributed by atoms with Crippen LogP contribution in [0.1, 0.15) is 64.4 Å². The molecule has 0 amide bonds. The molecule has 1 atom stereocenters. The zero-order valence-electron chi connectivity index (χ0n) is 13.7. The molecule has 0 spiro atoms. The summed E-state index contributed by atoms with van der Waals surface area (Å²) in [6.07, 6.45) is 1.11. The minimum atomic E-state index is 0.126. The third-order valence-electron chi connectivity index (χ3n) is 4.26. The molecular formula is C20H24O. The first kappa shape index (κ1) is 15.5. The van der Waals surface area contributed by atoms with E-state index in [4.69, 9.17) is 0 Å². The Labute approximate surface area is 128 Å². The van der Waals surface area contributed by atoms with Gasteiger partial charge in [-0.25, -0.2) is 0 Å². The average Bonchev–Trinajstić information content (AvgIpc) is 2.45. The van der Waals surface area contributed by atoms with Crippen molar-refractivity contribution in [2.45, 2.75) is 47.0 Å². The highest BCUT2D eigenvalue weighted by molar-refractivity contribution is 6.10. The predicted octanol–water partition coefficient (Wildman–Crippen LogP) is 5.36. The summed E-state index contributed by atoms with van der Waals surface area (Å²) in [5, 5.41) is 0. The molecule has 21 heavy (non-hydrogen) atoms. The molecule has 1 nitrogen and oxygen atoms in total. The molecule has 1 heteroatoms. The van der Waals surface area contributed by atoms with Crippen molar-refractivity contribution in [1.29, 1.82) is 0 Å². The van der Waals surface area contributed by atoms with Crippen molar-refractivity contribution in [2.24, 2.45) is 0 Å². The van der Waals surface area contributed by atoms with Gasteiger partial charge < -0.3 is 0 Å². The Hall–Kier alpha value is -1.89. The molecule has 0 fully saturated rings. The van der Waals surface area contributed by atoms with Crippen molar-refractivity contribution < 1.29 is 4.79 Å². The van der Waals surface area contributed by atoms with Gasteiger partial charge in [-0.15, -0.1) is 0 Å². The van der Waals surface area contributed by atoms with Crippen LogP contribution in [0.15, 0.2) is 36.4 Å². The van der Waals surface area contributed by atoms with E-state index in [1.165, 1.54) is 11.1 Å². The van der Waals surface area contributed by atoms with E-state index in [2.05, 4.69) is 45.0 Å². The molecule has 0 aliphatic rings. The zero-order valence-corrected chi connectivity index (χ0v) is 13.7. The summed E-state index contributed by atoms with van der Waals surface area (Å²) in [5.74, 6) is 0.665. The van der Waals surface area contributed by atoms with Gasteiger partial charge in [0.2, 0.25) is 0 Å². The Bertz CT molecular complexity index is 627. The highest BCUT2D eigenvalue weighted by Gasteiger charge is 2.15. The summed E-state index contributed by atoms with van der Waals surface area (Å²) in [7, 11) is 0. The Morgan fingerprint density at radius 3 is 2.00 bits per heavy atom. The minimum absolute atomic E-state index is 0.126. The molecule has 2 rings (SSSR count). The molecule has 0 radical (unpaired) electrons. The van der Waals surface area contributed by atoms with Gasteiger partial charge in [-0.05, 0) is 49.8 Å². The SMILES string of the molecule is CCC(C)c1ccc(C(=O)c2c(C)cc(C)cc2C)cc1. The van der Waals surface area contributed by atoms with E-state index in [0.29, 0.717) is 5.92 Å². The molecule has 0 saturated heterocycles. The van der Waals surface area contributed by atoms with E-state index in [1.54, 1.807) is 0 Å². The fraction of sp³-hybridized carbons (Fsp3) is 0.350.